The van der Waals surface area contributed by atoms with Crippen molar-refractivity contribution in [1.29, 1.82) is 0 Å². The van der Waals surface area contributed by atoms with Gasteiger partial charge in [-0.25, -0.2) is 0 Å². The highest BCUT2D eigenvalue weighted by Gasteiger charge is 2.37. The van der Waals surface area contributed by atoms with Crippen molar-refractivity contribution < 1.29 is 9.59 Å². The third-order valence-corrected chi connectivity index (χ3v) is 7.22. The lowest BCUT2D eigenvalue weighted by Gasteiger charge is -2.27. The predicted molar refractivity (Wildman–Crippen MR) is 108 cm³/mol. The van der Waals surface area contributed by atoms with Gasteiger partial charge in [-0.1, -0.05) is 62.5 Å². The molecule has 3 nitrogen and oxygen atoms in total. The average Bonchev–Trinajstić information content (AvgIpc) is 3.02. The van der Waals surface area contributed by atoms with E-state index in [9.17, 15) is 9.59 Å². The Morgan fingerprint density at radius 1 is 0.923 bits per heavy atom. The molecule has 0 atom stereocenters. The highest BCUT2D eigenvalue weighted by atomic mass is 32.2. The van der Waals surface area contributed by atoms with Crippen LogP contribution in [-0.2, 0) is 10.2 Å². The summed E-state index contributed by atoms with van der Waals surface area (Å²) in [5.41, 5.74) is 2.86. The summed E-state index contributed by atoms with van der Waals surface area (Å²) >= 11 is 3.05. The van der Waals surface area contributed by atoms with Crippen molar-refractivity contribution in [1.82, 2.24) is 0 Å². The highest BCUT2D eigenvalue weighted by molar-refractivity contribution is 8.24. The Bertz CT molecular complexity index is 986. The van der Waals surface area contributed by atoms with E-state index in [2.05, 4.69) is 39.0 Å². The molecule has 2 heterocycles. The second-order valence-corrected chi connectivity index (χ2v) is 9.85. The molecule has 2 aliphatic heterocycles. The van der Waals surface area contributed by atoms with Gasteiger partial charge >= 0.3 is 0 Å². The average molecular weight is 382 g/mol. The van der Waals surface area contributed by atoms with Crippen molar-refractivity contribution in [2.75, 3.05) is 11.9 Å². The summed E-state index contributed by atoms with van der Waals surface area (Å²) < 4.78 is 0.780. The first-order valence-corrected chi connectivity index (χ1v) is 10.1. The number of hydrogen-bond acceptors (Lipinski definition) is 4. The minimum absolute atomic E-state index is 0.0613. The molecule has 0 bridgehead atoms. The number of fused-ring (bicyclic) bond motifs is 2. The summed E-state index contributed by atoms with van der Waals surface area (Å²) in [6.07, 6.45) is 0. The van der Waals surface area contributed by atoms with Crippen LogP contribution in [0.2, 0.25) is 0 Å². The Morgan fingerprint density at radius 3 is 2.35 bits per heavy atom. The minimum Gasteiger partial charge on any atom is -0.311 e. The maximum absolute atomic E-state index is 13.0. The number of hydrogen-bond donors (Lipinski definition) is 0. The van der Waals surface area contributed by atoms with Crippen LogP contribution in [0.15, 0.2) is 62.1 Å². The van der Waals surface area contributed by atoms with Crippen molar-refractivity contribution in [3.8, 4) is 0 Å². The van der Waals surface area contributed by atoms with Gasteiger partial charge in [0.25, 0.3) is 5.91 Å². The van der Waals surface area contributed by atoms with E-state index in [4.69, 9.17) is 0 Å². The summed E-state index contributed by atoms with van der Waals surface area (Å²) in [4.78, 5) is 29.7. The van der Waals surface area contributed by atoms with Gasteiger partial charge < -0.3 is 4.90 Å². The fourth-order valence-electron chi connectivity index (χ4n) is 3.11. The van der Waals surface area contributed by atoms with Crippen LogP contribution in [0.3, 0.4) is 0 Å². The number of ketones is 1. The SMILES string of the molecule is CN1C(=O)/C(=C2/Sc3ccc(C(C)(C)C)cc3S2)C(=O)c2ccccc21. The number of para-hydroxylation sites is 1. The van der Waals surface area contributed by atoms with Crippen LogP contribution >= 0.6 is 23.5 Å². The first-order valence-electron chi connectivity index (χ1n) is 8.43. The summed E-state index contributed by atoms with van der Waals surface area (Å²) in [5, 5.41) is 0. The molecule has 26 heavy (non-hydrogen) atoms. The molecule has 2 aromatic rings. The quantitative estimate of drug-likeness (QED) is 0.461. The van der Waals surface area contributed by atoms with Gasteiger partial charge in [-0.15, -0.1) is 0 Å². The summed E-state index contributed by atoms with van der Waals surface area (Å²) in [7, 11) is 1.73. The monoisotopic (exact) mass is 381 g/mol. The zero-order valence-electron chi connectivity index (χ0n) is 15.1. The van der Waals surface area contributed by atoms with Gasteiger partial charge in [0.05, 0.1) is 9.92 Å². The van der Waals surface area contributed by atoms with Crippen LogP contribution in [0.1, 0.15) is 36.7 Å². The lowest BCUT2D eigenvalue weighted by Crippen LogP contribution is -2.37. The highest BCUT2D eigenvalue weighted by Crippen LogP contribution is 2.54. The molecule has 0 aromatic heterocycles. The number of likely N-dealkylation sites (N-methyl/N-ethyl adjacent to an activating group) is 1. The molecule has 0 aliphatic carbocycles. The lowest BCUT2D eigenvalue weighted by molar-refractivity contribution is -0.114. The molecule has 0 N–H and O–H groups in total. The van der Waals surface area contributed by atoms with Crippen LogP contribution in [0.4, 0.5) is 5.69 Å². The molecule has 0 radical (unpaired) electrons. The van der Waals surface area contributed by atoms with Gasteiger partial charge in [0.15, 0.2) is 0 Å². The second-order valence-electron chi connectivity index (χ2n) is 7.49. The van der Waals surface area contributed by atoms with Crippen molar-refractivity contribution in [3.05, 3.63) is 63.4 Å². The summed E-state index contributed by atoms with van der Waals surface area (Å²) in [5.74, 6) is -0.407. The minimum atomic E-state index is -0.229. The Labute approximate surface area is 161 Å². The molecule has 0 saturated carbocycles. The van der Waals surface area contributed by atoms with Crippen LogP contribution in [0, 0.1) is 0 Å². The first-order chi connectivity index (χ1) is 12.3. The molecule has 5 heteroatoms. The number of amides is 1. The topological polar surface area (TPSA) is 37.4 Å². The van der Waals surface area contributed by atoms with Gasteiger partial charge in [-0.3, -0.25) is 9.59 Å². The molecule has 0 fully saturated rings. The maximum atomic E-state index is 13.0. The Morgan fingerprint density at radius 2 is 1.62 bits per heavy atom. The number of thioether (sulfide) groups is 2. The van der Waals surface area contributed by atoms with Gasteiger partial charge in [-0.2, -0.15) is 0 Å². The number of benzene rings is 2. The fraction of sp³-hybridized carbons (Fsp3) is 0.238. The smallest absolute Gasteiger partial charge is 0.263 e. The number of anilines is 1. The molecule has 132 valence electrons. The van der Waals surface area contributed by atoms with Gasteiger partial charge in [0.1, 0.15) is 5.57 Å². The molecule has 4 rings (SSSR count). The van der Waals surface area contributed by atoms with Gasteiger partial charge in [0.2, 0.25) is 5.78 Å². The number of nitrogens with zero attached hydrogens (tertiary/aromatic N) is 1. The number of rotatable bonds is 0. The van der Waals surface area contributed by atoms with E-state index in [1.54, 1.807) is 18.0 Å². The molecule has 1 amide bonds. The zero-order chi connectivity index (χ0) is 18.6. The van der Waals surface area contributed by atoms with Crippen LogP contribution in [-0.4, -0.2) is 18.7 Å². The second kappa shape index (κ2) is 6.03. The molecule has 0 unspecified atom stereocenters. The van der Waals surface area contributed by atoms with E-state index in [-0.39, 0.29) is 22.7 Å². The fourth-order valence-corrected chi connectivity index (χ4v) is 5.68. The Hall–Kier alpha value is -1.98. The third kappa shape index (κ3) is 2.70. The van der Waals surface area contributed by atoms with Gasteiger partial charge in [-0.05, 0) is 35.2 Å². The Balaban J connectivity index is 1.79. The van der Waals surface area contributed by atoms with Crippen LogP contribution in [0.25, 0.3) is 0 Å². The number of carbonyl (C=O) groups excluding carboxylic acids is 2. The van der Waals surface area contributed by atoms with E-state index in [1.165, 1.54) is 29.1 Å². The molecule has 2 aliphatic rings. The van der Waals surface area contributed by atoms with E-state index in [1.807, 2.05) is 18.2 Å². The van der Waals surface area contributed by atoms with E-state index in [0.29, 0.717) is 11.3 Å². The summed E-state index contributed by atoms with van der Waals surface area (Å²) in [6, 6.07) is 13.7. The van der Waals surface area contributed by atoms with E-state index >= 15 is 0 Å². The Kier molecular flexibility index (Phi) is 4.04. The number of carbonyl (C=O) groups is 2. The van der Waals surface area contributed by atoms with Gasteiger partial charge in [0, 0.05) is 22.4 Å². The molecular weight excluding hydrogens is 362 g/mol. The van der Waals surface area contributed by atoms with Crippen LogP contribution < -0.4 is 4.90 Å². The molecule has 0 saturated heterocycles. The maximum Gasteiger partial charge on any atom is 0.263 e. The predicted octanol–water partition coefficient (Wildman–Crippen LogP) is 5.25. The molecular formula is C21H19NO2S2. The van der Waals surface area contributed by atoms with Crippen LogP contribution in [0.5, 0.6) is 0 Å². The molecule has 2 aromatic carbocycles. The third-order valence-electron chi connectivity index (χ3n) is 4.67. The summed E-state index contributed by atoms with van der Waals surface area (Å²) in [6.45, 7) is 6.54. The largest absolute Gasteiger partial charge is 0.311 e. The normalized spacial score (nSPS) is 19.6. The van der Waals surface area contributed by atoms with Crippen molar-refractivity contribution in [2.45, 2.75) is 36.0 Å². The van der Waals surface area contributed by atoms with Crippen molar-refractivity contribution >= 4 is 40.9 Å². The van der Waals surface area contributed by atoms with E-state index < -0.39 is 0 Å². The molecule has 0 spiro atoms. The standard InChI is InChI=1S/C21H19NO2S2/c1-21(2,3)12-9-10-15-16(11-12)26-20(25-15)17-18(23)13-7-5-6-8-14(13)22(4)19(17)24/h5-11H,1-4H3/b20-17-. The number of Topliss-reactive ketones (excluding diaryl/α,β-unsaturated/α-hetero) is 1. The first kappa shape index (κ1) is 17.4. The van der Waals surface area contributed by atoms with E-state index in [0.717, 1.165) is 14.0 Å². The van der Waals surface area contributed by atoms with Crippen molar-refractivity contribution in [2.24, 2.45) is 0 Å². The van der Waals surface area contributed by atoms with Crippen molar-refractivity contribution in [3.63, 3.8) is 0 Å². The zero-order valence-corrected chi connectivity index (χ0v) is 16.8. The lowest BCUT2D eigenvalue weighted by atomic mass is 9.87.